The van der Waals surface area contributed by atoms with Gasteiger partial charge in [0.1, 0.15) is 5.75 Å². The van der Waals surface area contributed by atoms with Gasteiger partial charge in [0.25, 0.3) is 0 Å². The van der Waals surface area contributed by atoms with E-state index in [0.29, 0.717) is 4.47 Å². The molecule has 0 atom stereocenters. The molecule has 0 bridgehead atoms. The highest BCUT2D eigenvalue weighted by molar-refractivity contribution is 9.10. The van der Waals surface area contributed by atoms with E-state index in [0.717, 1.165) is 30.4 Å². The summed E-state index contributed by atoms with van der Waals surface area (Å²) in [6, 6.07) is 6.12. The van der Waals surface area contributed by atoms with Crippen molar-refractivity contribution in [1.29, 1.82) is 5.26 Å². The lowest BCUT2D eigenvalue weighted by molar-refractivity contribution is 0.309. The molecular weight excluding hydrogens is 254 g/mol. The zero-order valence-corrected chi connectivity index (χ0v) is 10.1. The van der Waals surface area contributed by atoms with Crippen LogP contribution >= 0.6 is 15.9 Å². The molecule has 0 saturated heterocycles. The van der Waals surface area contributed by atoms with E-state index in [1.54, 1.807) is 0 Å². The van der Waals surface area contributed by atoms with Gasteiger partial charge in [0.2, 0.25) is 0 Å². The van der Waals surface area contributed by atoms with Crippen molar-refractivity contribution in [2.45, 2.75) is 31.6 Å². The summed E-state index contributed by atoms with van der Waals surface area (Å²) in [5, 5.41) is 19.3. The molecule has 2 rings (SSSR count). The van der Waals surface area contributed by atoms with Crippen molar-refractivity contribution in [3.05, 3.63) is 27.7 Å². The van der Waals surface area contributed by atoms with E-state index in [1.807, 2.05) is 19.1 Å². The Morgan fingerprint density at radius 3 is 2.60 bits per heavy atom. The lowest BCUT2D eigenvalue weighted by atomic mass is 9.64. The smallest absolute Gasteiger partial charge is 0.134 e. The SMILES string of the molecule is Cc1ccc(Br)c(O)c1C1(C#N)CCC1. The Balaban J connectivity index is 2.62. The van der Waals surface area contributed by atoms with Gasteiger partial charge in [0.15, 0.2) is 0 Å². The maximum atomic E-state index is 10.0. The van der Waals surface area contributed by atoms with Crippen molar-refractivity contribution in [3.8, 4) is 11.8 Å². The van der Waals surface area contributed by atoms with Crippen molar-refractivity contribution < 1.29 is 5.11 Å². The van der Waals surface area contributed by atoms with Crippen LogP contribution in [0.1, 0.15) is 30.4 Å². The third-order valence-corrected chi connectivity index (χ3v) is 3.88. The van der Waals surface area contributed by atoms with E-state index in [2.05, 4.69) is 22.0 Å². The van der Waals surface area contributed by atoms with E-state index in [-0.39, 0.29) is 5.75 Å². The number of aryl methyl sites for hydroxylation is 1. The van der Waals surface area contributed by atoms with Crippen LogP contribution < -0.4 is 0 Å². The number of halogens is 1. The molecule has 0 spiro atoms. The second-order valence-electron chi connectivity index (χ2n) is 4.14. The lowest BCUT2D eigenvalue weighted by Crippen LogP contribution is -2.33. The van der Waals surface area contributed by atoms with E-state index < -0.39 is 5.41 Å². The molecule has 1 aromatic rings. The number of phenolic OH excluding ortho intramolecular Hbond substituents is 1. The molecule has 0 aliphatic heterocycles. The number of rotatable bonds is 1. The molecule has 78 valence electrons. The fourth-order valence-electron chi connectivity index (χ4n) is 2.22. The van der Waals surface area contributed by atoms with Crippen LogP contribution in [0.2, 0.25) is 0 Å². The standard InChI is InChI=1S/C12H12BrNO/c1-8-3-4-9(13)11(15)10(8)12(7-14)5-2-6-12/h3-4,15H,2,5-6H2,1H3. The summed E-state index contributed by atoms with van der Waals surface area (Å²) >= 11 is 3.30. The van der Waals surface area contributed by atoms with Crippen LogP contribution in [0.4, 0.5) is 0 Å². The van der Waals surface area contributed by atoms with Crippen molar-refractivity contribution in [3.63, 3.8) is 0 Å². The second kappa shape index (κ2) is 3.53. The Bertz CT molecular complexity index is 444. The molecule has 0 unspecified atom stereocenters. The molecule has 2 nitrogen and oxygen atoms in total. The maximum Gasteiger partial charge on any atom is 0.134 e. The monoisotopic (exact) mass is 265 g/mol. The van der Waals surface area contributed by atoms with Gasteiger partial charge < -0.3 is 5.11 Å². The maximum absolute atomic E-state index is 10.0. The Hall–Kier alpha value is -1.01. The third kappa shape index (κ3) is 1.44. The number of hydrogen-bond donors (Lipinski definition) is 1. The van der Waals surface area contributed by atoms with Crippen molar-refractivity contribution in [2.24, 2.45) is 0 Å². The molecule has 1 N–H and O–H groups in total. The number of aromatic hydroxyl groups is 1. The van der Waals surface area contributed by atoms with Crippen molar-refractivity contribution in [2.75, 3.05) is 0 Å². The Morgan fingerprint density at radius 1 is 1.47 bits per heavy atom. The Kier molecular flexibility index (Phi) is 2.47. The summed E-state index contributed by atoms with van der Waals surface area (Å²) in [5.74, 6) is 0.233. The summed E-state index contributed by atoms with van der Waals surface area (Å²) in [4.78, 5) is 0. The van der Waals surface area contributed by atoms with Crippen molar-refractivity contribution in [1.82, 2.24) is 0 Å². The molecule has 15 heavy (non-hydrogen) atoms. The van der Waals surface area contributed by atoms with E-state index in [1.165, 1.54) is 0 Å². The fraction of sp³-hybridized carbons (Fsp3) is 0.417. The van der Waals surface area contributed by atoms with Crippen LogP contribution in [0.15, 0.2) is 16.6 Å². The number of nitrogens with zero attached hydrogens (tertiary/aromatic N) is 1. The van der Waals surface area contributed by atoms with Gasteiger partial charge in [-0.05, 0) is 53.7 Å². The molecule has 0 heterocycles. The van der Waals surface area contributed by atoms with Gasteiger partial charge in [-0.3, -0.25) is 0 Å². The number of nitriles is 1. The first-order valence-corrected chi connectivity index (χ1v) is 5.80. The van der Waals surface area contributed by atoms with E-state index >= 15 is 0 Å². The fourth-order valence-corrected chi connectivity index (χ4v) is 2.55. The molecule has 0 aromatic heterocycles. The van der Waals surface area contributed by atoms with Gasteiger partial charge in [0, 0.05) is 5.56 Å². The zero-order valence-electron chi connectivity index (χ0n) is 8.55. The summed E-state index contributed by atoms with van der Waals surface area (Å²) in [7, 11) is 0. The minimum absolute atomic E-state index is 0.233. The summed E-state index contributed by atoms with van der Waals surface area (Å²) in [5.41, 5.74) is 1.36. The van der Waals surface area contributed by atoms with Gasteiger partial charge in [-0.25, -0.2) is 0 Å². The van der Waals surface area contributed by atoms with Crippen molar-refractivity contribution >= 4 is 15.9 Å². The molecule has 1 aliphatic rings. The van der Waals surface area contributed by atoms with Crippen LogP contribution in [0.5, 0.6) is 5.75 Å². The first-order chi connectivity index (χ1) is 7.10. The van der Waals surface area contributed by atoms with Crippen LogP contribution in [-0.4, -0.2) is 5.11 Å². The highest BCUT2D eigenvalue weighted by Crippen LogP contribution is 2.49. The van der Waals surface area contributed by atoms with Gasteiger partial charge in [-0.15, -0.1) is 0 Å². The van der Waals surface area contributed by atoms with Crippen LogP contribution in [-0.2, 0) is 5.41 Å². The summed E-state index contributed by atoms with van der Waals surface area (Å²) < 4.78 is 0.671. The van der Waals surface area contributed by atoms with Gasteiger partial charge in [-0.1, -0.05) is 6.07 Å². The van der Waals surface area contributed by atoms with Crippen LogP contribution in [0.25, 0.3) is 0 Å². The average Bonchev–Trinajstić information content (AvgIpc) is 2.16. The summed E-state index contributed by atoms with van der Waals surface area (Å²) in [6.07, 6.45) is 2.78. The van der Waals surface area contributed by atoms with Crippen LogP contribution in [0, 0.1) is 18.3 Å². The molecule has 1 aliphatic carbocycles. The van der Waals surface area contributed by atoms with E-state index in [9.17, 15) is 10.4 Å². The summed E-state index contributed by atoms with van der Waals surface area (Å²) in [6.45, 7) is 1.94. The minimum Gasteiger partial charge on any atom is -0.506 e. The number of hydrogen-bond acceptors (Lipinski definition) is 2. The van der Waals surface area contributed by atoms with Gasteiger partial charge in [0.05, 0.1) is 16.0 Å². The lowest BCUT2D eigenvalue weighted by Gasteiger charge is -2.37. The predicted octanol–water partition coefficient (Wildman–Crippen LogP) is 3.41. The molecular formula is C12H12BrNO. The zero-order chi connectivity index (χ0) is 11.1. The second-order valence-corrected chi connectivity index (χ2v) is 4.99. The average molecular weight is 266 g/mol. The van der Waals surface area contributed by atoms with Crippen LogP contribution in [0.3, 0.4) is 0 Å². The third-order valence-electron chi connectivity index (χ3n) is 3.24. The largest absolute Gasteiger partial charge is 0.506 e. The first-order valence-electron chi connectivity index (χ1n) is 5.00. The normalized spacial score (nSPS) is 17.9. The minimum atomic E-state index is -0.446. The van der Waals surface area contributed by atoms with Gasteiger partial charge in [-0.2, -0.15) is 5.26 Å². The molecule has 1 aromatic carbocycles. The highest BCUT2D eigenvalue weighted by atomic mass is 79.9. The highest BCUT2D eigenvalue weighted by Gasteiger charge is 2.42. The van der Waals surface area contributed by atoms with E-state index in [4.69, 9.17) is 0 Å². The first kappa shape index (κ1) is 10.5. The molecule has 0 amide bonds. The molecule has 0 radical (unpaired) electrons. The predicted molar refractivity (Wildman–Crippen MR) is 61.7 cm³/mol. The quantitative estimate of drug-likeness (QED) is 0.846. The number of phenols is 1. The molecule has 3 heteroatoms. The van der Waals surface area contributed by atoms with Gasteiger partial charge >= 0.3 is 0 Å². The number of benzene rings is 1. The molecule has 1 fully saturated rings. The molecule has 1 saturated carbocycles. The Labute approximate surface area is 97.7 Å². The Morgan fingerprint density at radius 2 is 2.13 bits per heavy atom. The topological polar surface area (TPSA) is 44.0 Å².